The van der Waals surface area contributed by atoms with Crippen LogP contribution in [0.4, 0.5) is 5.69 Å². The Bertz CT molecular complexity index is 358. The van der Waals surface area contributed by atoms with Gasteiger partial charge in [-0.05, 0) is 38.3 Å². The summed E-state index contributed by atoms with van der Waals surface area (Å²) in [5, 5.41) is 0. The van der Waals surface area contributed by atoms with E-state index in [1.165, 1.54) is 16.8 Å². The third-order valence-electron chi connectivity index (χ3n) is 2.87. The van der Waals surface area contributed by atoms with Gasteiger partial charge in [0.15, 0.2) is 0 Å². The number of hydrogen-bond donors (Lipinski definition) is 0. The lowest BCUT2D eigenvalue weighted by molar-refractivity contribution is 0.570. The molecule has 0 amide bonds. The maximum Gasteiger partial charge on any atom is 0.0494 e. The normalized spacial score (nSPS) is 11.3. The number of alkyl halides is 1. The highest BCUT2D eigenvalue weighted by atomic mass is 35.5. The Balaban J connectivity index is 3.08. The first-order valence-corrected chi connectivity index (χ1v) is 6.91. The van der Waals surface area contributed by atoms with E-state index in [2.05, 4.69) is 57.7 Å². The van der Waals surface area contributed by atoms with Crippen LogP contribution in [-0.4, -0.2) is 12.6 Å². The van der Waals surface area contributed by atoms with Crippen LogP contribution in [0, 0.1) is 12.8 Å². The van der Waals surface area contributed by atoms with Gasteiger partial charge in [-0.15, -0.1) is 11.6 Å². The highest BCUT2D eigenvalue weighted by Crippen LogP contribution is 2.26. The molecule has 0 fully saturated rings. The van der Waals surface area contributed by atoms with Crippen molar-refractivity contribution in [3.05, 3.63) is 29.3 Å². The standard InChI is InChI=1S/C15H24ClN/c1-11(2)10-17(12(3)4)15-7-6-13(5)8-14(15)9-16/h6-8,11-12H,9-10H2,1-5H3. The van der Waals surface area contributed by atoms with Crippen LogP contribution in [0.2, 0.25) is 0 Å². The summed E-state index contributed by atoms with van der Waals surface area (Å²) in [5.41, 5.74) is 3.80. The lowest BCUT2D eigenvalue weighted by atomic mass is 10.1. The van der Waals surface area contributed by atoms with Crippen molar-refractivity contribution < 1.29 is 0 Å². The lowest BCUT2D eigenvalue weighted by Crippen LogP contribution is -2.34. The fourth-order valence-electron chi connectivity index (χ4n) is 2.08. The van der Waals surface area contributed by atoms with Gasteiger partial charge in [0.25, 0.3) is 0 Å². The zero-order valence-electron chi connectivity index (χ0n) is 11.6. The second-order valence-corrected chi connectivity index (χ2v) is 5.67. The van der Waals surface area contributed by atoms with Gasteiger partial charge in [-0.3, -0.25) is 0 Å². The van der Waals surface area contributed by atoms with E-state index < -0.39 is 0 Å². The summed E-state index contributed by atoms with van der Waals surface area (Å²) in [6, 6.07) is 7.07. The predicted octanol–water partition coefficient (Wildman–Crippen LogP) is 4.60. The molecule has 2 heteroatoms. The van der Waals surface area contributed by atoms with Gasteiger partial charge in [-0.1, -0.05) is 31.5 Å². The van der Waals surface area contributed by atoms with Crippen molar-refractivity contribution in [3.8, 4) is 0 Å². The molecule has 0 heterocycles. The first kappa shape index (κ1) is 14.4. The topological polar surface area (TPSA) is 3.24 Å². The molecule has 0 radical (unpaired) electrons. The van der Waals surface area contributed by atoms with Gasteiger partial charge in [-0.2, -0.15) is 0 Å². The molecule has 0 N–H and O–H groups in total. The van der Waals surface area contributed by atoms with E-state index in [1.54, 1.807) is 0 Å². The molecule has 0 saturated heterocycles. The molecule has 0 spiro atoms. The number of nitrogens with zero attached hydrogens (tertiary/aromatic N) is 1. The number of halogens is 1. The van der Waals surface area contributed by atoms with Crippen LogP contribution in [0.15, 0.2) is 18.2 Å². The molecule has 0 aliphatic rings. The molecule has 0 bridgehead atoms. The Morgan fingerprint density at radius 1 is 1.18 bits per heavy atom. The number of benzene rings is 1. The van der Waals surface area contributed by atoms with E-state index in [1.807, 2.05) is 0 Å². The fraction of sp³-hybridized carbons (Fsp3) is 0.600. The minimum atomic E-state index is 0.502. The Morgan fingerprint density at radius 2 is 1.82 bits per heavy atom. The summed E-state index contributed by atoms with van der Waals surface area (Å²) >= 11 is 6.06. The van der Waals surface area contributed by atoms with Crippen molar-refractivity contribution in [1.82, 2.24) is 0 Å². The SMILES string of the molecule is Cc1ccc(N(CC(C)C)C(C)C)c(CCl)c1. The molecular formula is C15H24ClN. The lowest BCUT2D eigenvalue weighted by Gasteiger charge is -2.32. The monoisotopic (exact) mass is 253 g/mol. The third kappa shape index (κ3) is 3.92. The molecule has 1 rings (SSSR count). The van der Waals surface area contributed by atoms with Crippen LogP contribution in [0.1, 0.15) is 38.8 Å². The van der Waals surface area contributed by atoms with Crippen molar-refractivity contribution >= 4 is 17.3 Å². The van der Waals surface area contributed by atoms with Gasteiger partial charge < -0.3 is 4.90 Å². The molecule has 17 heavy (non-hydrogen) atoms. The van der Waals surface area contributed by atoms with Gasteiger partial charge in [0.1, 0.15) is 0 Å². The quantitative estimate of drug-likeness (QED) is 0.693. The van der Waals surface area contributed by atoms with Crippen molar-refractivity contribution in [1.29, 1.82) is 0 Å². The number of hydrogen-bond acceptors (Lipinski definition) is 1. The Labute approximate surface area is 111 Å². The van der Waals surface area contributed by atoms with Crippen LogP contribution < -0.4 is 4.90 Å². The highest BCUT2D eigenvalue weighted by molar-refractivity contribution is 6.17. The van der Waals surface area contributed by atoms with Crippen LogP contribution in [0.25, 0.3) is 0 Å². The second kappa shape index (κ2) is 6.30. The van der Waals surface area contributed by atoms with Crippen molar-refractivity contribution in [2.24, 2.45) is 5.92 Å². The molecule has 1 nitrogen and oxygen atoms in total. The molecule has 0 aromatic heterocycles. The van der Waals surface area contributed by atoms with Gasteiger partial charge in [-0.25, -0.2) is 0 Å². The Hall–Kier alpha value is -0.690. The van der Waals surface area contributed by atoms with Gasteiger partial charge in [0, 0.05) is 24.2 Å². The zero-order chi connectivity index (χ0) is 13.0. The molecule has 1 aromatic carbocycles. The average Bonchev–Trinajstić information content (AvgIpc) is 2.25. The maximum absolute atomic E-state index is 6.06. The Morgan fingerprint density at radius 3 is 2.29 bits per heavy atom. The summed E-state index contributed by atoms with van der Waals surface area (Å²) in [7, 11) is 0. The second-order valence-electron chi connectivity index (χ2n) is 5.41. The highest BCUT2D eigenvalue weighted by Gasteiger charge is 2.15. The number of anilines is 1. The molecule has 0 aliphatic heterocycles. The molecule has 96 valence electrons. The van der Waals surface area contributed by atoms with Crippen LogP contribution in [0.3, 0.4) is 0 Å². The summed E-state index contributed by atoms with van der Waals surface area (Å²) < 4.78 is 0. The van der Waals surface area contributed by atoms with Crippen LogP contribution >= 0.6 is 11.6 Å². The smallest absolute Gasteiger partial charge is 0.0494 e. The van der Waals surface area contributed by atoms with E-state index in [0.29, 0.717) is 17.8 Å². The summed E-state index contributed by atoms with van der Waals surface area (Å²) in [5.74, 6) is 1.24. The summed E-state index contributed by atoms with van der Waals surface area (Å²) in [4.78, 5) is 2.45. The van der Waals surface area contributed by atoms with E-state index in [4.69, 9.17) is 11.6 Å². The maximum atomic E-state index is 6.06. The van der Waals surface area contributed by atoms with Crippen molar-refractivity contribution in [2.75, 3.05) is 11.4 Å². The first-order chi connectivity index (χ1) is 7.95. The van der Waals surface area contributed by atoms with E-state index >= 15 is 0 Å². The zero-order valence-corrected chi connectivity index (χ0v) is 12.4. The van der Waals surface area contributed by atoms with Crippen molar-refractivity contribution in [3.63, 3.8) is 0 Å². The molecule has 0 aliphatic carbocycles. The van der Waals surface area contributed by atoms with E-state index in [9.17, 15) is 0 Å². The summed E-state index contributed by atoms with van der Waals surface area (Å²) in [6.45, 7) is 12.2. The van der Waals surface area contributed by atoms with E-state index in [-0.39, 0.29) is 0 Å². The van der Waals surface area contributed by atoms with E-state index in [0.717, 1.165) is 6.54 Å². The Kier molecular flexibility index (Phi) is 5.32. The average molecular weight is 254 g/mol. The van der Waals surface area contributed by atoms with Gasteiger partial charge in [0.05, 0.1) is 0 Å². The fourth-order valence-corrected chi connectivity index (χ4v) is 2.30. The minimum Gasteiger partial charge on any atom is -0.369 e. The first-order valence-electron chi connectivity index (χ1n) is 6.37. The predicted molar refractivity (Wildman–Crippen MR) is 78.1 cm³/mol. The number of aryl methyl sites for hydroxylation is 1. The van der Waals surface area contributed by atoms with Gasteiger partial charge >= 0.3 is 0 Å². The van der Waals surface area contributed by atoms with Crippen LogP contribution in [-0.2, 0) is 5.88 Å². The van der Waals surface area contributed by atoms with Crippen molar-refractivity contribution in [2.45, 2.75) is 46.5 Å². The molecular weight excluding hydrogens is 230 g/mol. The molecule has 0 unspecified atom stereocenters. The summed E-state index contributed by atoms with van der Waals surface area (Å²) in [6.07, 6.45) is 0. The number of rotatable bonds is 5. The molecule has 0 atom stereocenters. The minimum absolute atomic E-state index is 0.502. The molecule has 1 aromatic rings. The largest absolute Gasteiger partial charge is 0.369 e. The third-order valence-corrected chi connectivity index (χ3v) is 3.16. The van der Waals surface area contributed by atoms with Gasteiger partial charge in [0.2, 0.25) is 0 Å². The molecule has 0 saturated carbocycles. The van der Waals surface area contributed by atoms with Crippen LogP contribution in [0.5, 0.6) is 0 Å².